The zero-order valence-corrected chi connectivity index (χ0v) is 9.40. The van der Waals surface area contributed by atoms with Gasteiger partial charge in [-0.25, -0.2) is 0 Å². The van der Waals surface area contributed by atoms with Crippen LogP contribution in [0.25, 0.3) is 0 Å². The molecule has 0 aliphatic rings. The molecule has 1 atom stereocenters. The quantitative estimate of drug-likeness (QED) is 0.689. The Morgan fingerprint density at radius 2 is 2.24 bits per heavy atom. The van der Waals surface area contributed by atoms with Crippen LogP contribution in [0.2, 0.25) is 0 Å². The van der Waals surface area contributed by atoms with Crippen LogP contribution >= 0.6 is 0 Å². The maximum Gasteiger partial charge on any atom is 0.305 e. The Hall–Kier alpha value is -2.11. The van der Waals surface area contributed by atoms with Gasteiger partial charge in [-0.1, -0.05) is 6.92 Å². The molecule has 3 N–H and O–H groups in total. The molecule has 0 aliphatic heterocycles. The molecule has 17 heavy (non-hydrogen) atoms. The highest BCUT2D eigenvalue weighted by molar-refractivity contribution is 5.94. The lowest BCUT2D eigenvalue weighted by Crippen LogP contribution is -2.36. The van der Waals surface area contributed by atoms with Gasteiger partial charge in [-0.15, -0.1) is 0 Å². The van der Waals surface area contributed by atoms with Crippen LogP contribution in [0.4, 0.5) is 0 Å². The van der Waals surface area contributed by atoms with Gasteiger partial charge in [0.15, 0.2) is 0 Å². The Bertz CT molecular complexity index is 467. The van der Waals surface area contributed by atoms with E-state index in [4.69, 9.17) is 5.11 Å². The van der Waals surface area contributed by atoms with Crippen LogP contribution in [0.3, 0.4) is 0 Å². The molecule has 1 aromatic rings. The summed E-state index contributed by atoms with van der Waals surface area (Å²) in [6.45, 7) is 1.78. The second-order valence-electron chi connectivity index (χ2n) is 3.62. The average Bonchev–Trinajstić information content (AvgIpc) is 2.27. The van der Waals surface area contributed by atoms with Crippen LogP contribution < -0.4 is 10.9 Å². The summed E-state index contributed by atoms with van der Waals surface area (Å²) in [4.78, 5) is 35.6. The summed E-state index contributed by atoms with van der Waals surface area (Å²) in [5, 5.41) is 11.2. The van der Waals surface area contributed by atoms with Gasteiger partial charge in [0.25, 0.3) is 5.91 Å². The van der Waals surface area contributed by atoms with Gasteiger partial charge in [0.2, 0.25) is 5.56 Å². The largest absolute Gasteiger partial charge is 0.481 e. The van der Waals surface area contributed by atoms with Crippen LogP contribution in [0.15, 0.2) is 23.1 Å². The highest BCUT2D eigenvalue weighted by atomic mass is 16.4. The second kappa shape index (κ2) is 5.83. The molecule has 0 saturated heterocycles. The number of nitrogens with one attached hydrogen (secondary N) is 2. The van der Waals surface area contributed by atoms with E-state index in [1.807, 2.05) is 0 Å². The predicted molar refractivity (Wildman–Crippen MR) is 60.9 cm³/mol. The Labute approximate surface area is 97.7 Å². The molecule has 1 unspecified atom stereocenters. The third-order valence-corrected chi connectivity index (χ3v) is 2.29. The van der Waals surface area contributed by atoms with E-state index in [0.29, 0.717) is 6.42 Å². The van der Waals surface area contributed by atoms with Gasteiger partial charge in [-0.05, 0) is 12.5 Å². The normalized spacial score (nSPS) is 11.8. The van der Waals surface area contributed by atoms with Crippen molar-refractivity contribution in [2.24, 2.45) is 0 Å². The molecule has 1 rings (SSSR count). The summed E-state index contributed by atoms with van der Waals surface area (Å²) in [5.74, 6) is -1.41. The first-order chi connectivity index (χ1) is 8.02. The standard InChI is InChI=1S/C11H14N2O4/c1-2-8(6-10(15)16)13-11(17)7-3-4-12-9(14)5-7/h3-5,8H,2,6H2,1H3,(H,12,14)(H,13,17)(H,15,16). The monoisotopic (exact) mass is 238 g/mol. The van der Waals surface area contributed by atoms with Crippen LogP contribution in [-0.4, -0.2) is 28.0 Å². The third-order valence-electron chi connectivity index (χ3n) is 2.29. The van der Waals surface area contributed by atoms with Gasteiger partial charge in [-0.3, -0.25) is 14.4 Å². The first-order valence-electron chi connectivity index (χ1n) is 5.24. The van der Waals surface area contributed by atoms with Crippen molar-refractivity contribution in [2.75, 3.05) is 0 Å². The zero-order valence-electron chi connectivity index (χ0n) is 9.40. The van der Waals surface area contributed by atoms with E-state index >= 15 is 0 Å². The molecule has 1 amide bonds. The molecule has 1 aromatic heterocycles. The fraction of sp³-hybridized carbons (Fsp3) is 0.364. The number of hydrogen-bond acceptors (Lipinski definition) is 3. The smallest absolute Gasteiger partial charge is 0.305 e. The Morgan fingerprint density at radius 3 is 2.76 bits per heavy atom. The fourth-order valence-electron chi connectivity index (χ4n) is 1.36. The summed E-state index contributed by atoms with van der Waals surface area (Å²) in [6.07, 6.45) is 1.75. The van der Waals surface area contributed by atoms with Crippen molar-refractivity contribution in [3.8, 4) is 0 Å². The Morgan fingerprint density at radius 1 is 1.53 bits per heavy atom. The van der Waals surface area contributed by atoms with Gasteiger partial charge in [-0.2, -0.15) is 0 Å². The number of amides is 1. The second-order valence-corrected chi connectivity index (χ2v) is 3.62. The average molecular weight is 238 g/mol. The lowest BCUT2D eigenvalue weighted by molar-refractivity contribution is -0.137. The minimum absolute atomic E-state index is 0.134. The van der Waals surface area contributed by atoms with Crippen molar-refractivity contribution in [1.82, 2.24) is 10.3 Å². The summed E-state index contributed by atoms with van der Waals surface area (Å²) >= 11 is 0. The first kappa shape index (κ1) is 13.0. The number of carbonyl (C=O) groups excluding carboxylic acids is 1. The maximum absolute atomic E-state index is 11.7. The molecule has 0 fully saturated rings. The van der Waals surface area contributed by atoms with Crippen LogP contribution in [0.5, 0.6) is 0 Å². The summed E-state index contributed by atoms with van der Waals surface area (Å²) in [6, 6.07) is 2.20. The summed E-state index contributed by atoms with van der Waals surface area (Å²) in [7, 11) is 0. The first-order valence-corrected chi connectivity index (χ1v) is 5.24. The molecule has 0 spiro atoms. The Balaban J connectivity index is 2.71. The van der Waals surface area contributed by atoms with Crippen LogP contribution in [-0.2, 0) is 4.79 Å². The molecule has 0 radical (unpaired) electrons. The lowest BCUT2D eigenvalue weighted by atomic mass is 10.1. The van der Waals surface area contributed by atoms with Crippen molar-refractivity contribution < 1.29 is 14.7 Å². The van der Waals surface area contributed by atoms with Gasteiger partial charge in [0, 0.05) is 23.9 Å². The molecule has 0 bridgehead atoms. The molecule has 92 valence electrons. The lowest BCUT2D eigenvalue weighted by Gasteiger charge is -2.14. The van der Waals surface area contributed by atoms with Crippen molar-refractivity contribution in [3.05, 3.63) is 34.2 Å². The number of aromatic nitrogens is 1. The number of carboxylic acids is 1. The summed E-state index contributed by atoms with van der Waals surface area (Å²) in [5.41, 5.74) is -0.151. The molecule has 1 heterocycles. The SMILES string of the molecule is CCC(CC(=O)O)NC(=O)c1cc[nH]c(=O)c1. The number of carboxylic acid groups (broad SMARTS) is 1. The van der Waals surface area contributed by atoms with E-state index in [1.165, 1.54) is 18.3 Å². The van der Waals surface area contributed by atoms with Gasteiger partial charge in [0.05, 0.1) is 6.42 Å². The molecule has 0 saturated carbocycles. The number of aromatic amines is 1. The van der Waals surface area contributed by atoms with Crippen LogP contribution in [0, 0.1) is 0 Å². The van der Waals surface area contributed by atoms with Crippen LogP contribution in [0.1, 0.15) is 30.1 Å². The van der Waals surface area contributed by atoms with E-state index in [0.717, 1.165) is 0 Å². The Kier molecular flexibility index (Phi) is 4.45. The minimum Gasteiger partial charge on any atom is -0.481 e. The third kappa shape index (κ3) is 4.10. The van der Waals surface area contributed by atoms with E-state index in [-0.39, 0.29) is 17.5 Å². The van der Waals surface area contributed by atoms with E-state index in [1.54, 1.807) is 6.92 Å². The number of carbonyl (C=O) groups is 2. The van der Waals surface area contributed by atoms with Gasteiger partial charge in [0.1, 0.15) is 0 Å². The van der Waals surface area contributed by atoms with E-state index in [2.05, 4.69) is 10.3 Å². The molecule has 6 nitrogen and oxygen atoms in total. The highest BCUT2D eigenvalue weighted by Crippen LogP contribution is 2.00. The van der Waals surface area contributed by atoms with Gasteiger partial charge >= 0.3 is 5.97 Å². The number of rotatable bonds is 5. The van der Waals surface area contributed by atoms with Crippen molar-refractivity contribution in [3.63, 3.8) is 0 Å². The molecule has 0 aliphatic carbocycles. The van der Waals surface area contributed by atoms with E-state index < -0.39 is 17.9 Å². The predicted octanol–water partition coefficient (Wildman–Crippen LogP) is 0.358. The zero-order chi connectivity index (χ0) is 12.8. The molecular formula is C11H14N2O4. The van der Waals surface area contributed by atoms with Crippen molar-refractivity contribution in [2.45, 2.75) is 25.8 Å². The highest BCUT2D eigenvalue weighted by Gasteiger charge is 2.15. The van der Waals surface area contributed by atoms with Crippen molar-refractivity contribution in [1.29, 1.82) is 0 Å². The minimum atomic E-state index is -0.969. The number of aliphatic carboxylic acids is 1. The fourth-order valence-corrected chi connectivity index (χ4v) is 1.36. The number of pyridine rings is 1. The molecular weight excluding hydrogens is 224 g/mol. The van der Waals surface area contributed by atoms with Crippen molar-refractivity contribution >= 4 is 11.9 Å². The number of hydrogen-bond donors (Lipinski definition) is 3. The summed E-state index contributed by atoms with van der Waals surface area (Å²) < 4.78 is 0. The number of H-pyrrole nitrogens is 1. The molecule has 0 aromatic carbocycles. The van der Waals surface area contributed by atoms with E-state index in [9.17, 15) is 14.4 Å². The topological polar surface area (TPSA) is 99.3 Å². The molecule has 6 heteroatoms. The van der Waals surface area contributed by atoms with Gasteiger partial charge < -0.3 is 15.4 Å². The maximum atomic E-state index is 11.7.